The van der Waals surface area contributed by atoms with Gasteiger partial charge in [0.25, 0.3) is 6.71 Å². The van der Waals surface area contributed by atoms with Crippen LogP contribution < -0.4 is 25.9 Å². The van der Waals surface area contributed by atoms with E-state index in [0.717, 1.165) is 0 Å². The predicted octanol–water partition coefficient (Wildman–Crippen LogP) is 3.06. The lowest BCUT2D eigenvalue weighted by atomic mass is 9.35. The van der Waals surface area contributed by atoms with Gasteiger partial charge >= 0.3 is 0 Å². The minimum atomic E-state index is -1.17. The Morgan fingerprint density at radius 1 is 0.826 bits per heavy atom. The number of hydrogen-bond donors (Lipinski definition) is 0. The highest BCUT2D eigenvalue weighted by molar-refractivity contribution is 6.98. The summed E-state index contributed by atoms with van der Waals surface area (Å²) >= 11 is 0. The van der Waals surface area contributed by atoms with Crippen LogP contribution in [-0.2, 0) is 0 Å². The maximum Gasteiger partial charge on any atom is 0.260 e. The van der Waals surface area contributed by atoms with Crippen LogP contribution in [0, 0.1) is 0 Å². The maximum atomic E-state index is 8.55. The van der Waals surface area contributed by atoms with Crippen molar-refractivity contribution in [3.8, 4) is 23.0 Å². The van der Waals surface area contributed by atoms with Crippen LogP contribution in [0.4, 0.5) is 0 Å². The Balaban J connectivity index is 2.03. The Bertz CT molecular complexity index is 1350. The second-order valence-corrected chi connectivity index (χ2v) is 5.06. The largest absolute Gasteiger partial charge is 0.458 e. The normalized spacial score (nSPS) is 19.2. The number of para-hydroxylation sites is 2. The van der Waals surface area contributed by atoms with Crippen molar-refractivity contribution in [3.63, 3.8) is 0 Å². The fourth-order valence-corrected chi connectivity index (χ4v) is 2.86. The predicted molar refractivity (Wildman–Crippen MR) is 94.2 cm³/mol. The number of fused-ring (bicyclic) bond motifs is 4. The molecule has 0 unspecified atom stereocenters. The molecule has 0 fully saturated rings. The van der Waals surface area contributed by atoms with E-state index in [9.17, 15) is 0 Å². The van der Waals surface area contributed by atoms with Gasteiger partial charge in [0.15, 0.2) is 0 Å². The Morgan fingerprint density at radius 3 is 1.87 bits per heavy atom. The van der Waals surface area contributed by atoms with Gasteiger partial charge in [0, 0.05) is 5.46 Å². The van der Waals surface area contributed by atoms with Crippen LogP contribution in [-0.4, -0.2) is 6.71 Å². The van der Waals surface area contributed by atoms with Gasteiger partial charge < -0.3 is 9.47 Å². The molecular formula is C20H13BO2. The lowest BCUT2D eigenvalue weighted by molar-refractivity contribution is 0.464. The van der Waals surface area contributed by atoms with Gasteiger partial charge in [0.05, 0.1) is 13.7 Å². The van der Waals surface area contributed by atoms with Crippen molar-refractivity contribution < 1.29 is 23.2 Å². The molecule has 2 aliphatic heterocycles. The Morgan fingerprint density at radius 2 is 1.35 bits per heavy atom. The molecule has 0 radical (unpaired) electrons. The van der Waals surface area contributed by atoms with E-state index >= 15 is 0 Å². The van der Waals surface area contributed by atoms with Gasteiger partial charge in [0.2, 0.25) is 0 Å². The number of ether oxygens (including phenoxy) is 2. The average molecular weight is 306 g/mol. The summed E-state index contributed by atoms with van der Waals surface area (Å²) in [4.78, 5) is 0. The standard InChI is InChI=1S/C20H13BO2/c1-2-13-11-18-20-19(12-13)23-17-10-6-4-8-15(17)21(20)14-7-3-5-9-16(14)22-18/h2-12H,1H2/i3D,4D,5D,6D,7D,8D,9D,10D,11D,12D. The molecule has 3 heteroatoms. The summed E-state index contributed by atoms with van der Waals surface area (Å²) in [6.45, 7) is 2.45. The molecule has 0 saturated heterocycles. The summed E-state index contributed by atoms with van der Waals surface area (Å²) in [6.07, 6.45) is 1.26. The zero-order valence-electron chi connectivity index (χ0n) is 21.7. The van der Waals surface area contributed by atoms with Gasteiger partial charge in [-0.25, -0.2) is 0 Å². The molecule has 0 saturated carbocycles. The summed E-state index contributed by atoms with van der Waals surface area (Å²) in [6, 6.07) is -4.52. The molecule has 0 aromatic heterocycles. The molecule has 3 aromatic rings. The van der Waals surface area contributed by atoms with Crippen LogP contribution in [0.15, 0.2) is 67.0 Å². The first-order valence-electron chi connectivity index (χ1n) is 11.9. The highest BCUT2D eigenvalue weighted by atomic mass is 16.5. The summed E-state index contributed by atoms with van der Waals surface area (Å²) < 4.78 is 94.8. The molecule has 2 aliphatic rings. The van der Waals surface area contributed by atoms with Crippen LogP contribution in [0.5, 0.6) is 23.0 Å². The van der Waals surface area contributed by atoms with Crippen molar-refractivity contribution in [1.82, 2.24) is 0 Å². The molecule has 0 atom stereocenters. The molecule has 108 valence electrons. The van der Waals surface area contributed by atoms with E-state index in [4.69, 9.17) is 23.2 Å². The fraction of sp³-hybridized carbons (Fsp3) is 0. The van der Waals surface area contributed by atoms with E-state index in [2.05, 4.69) is 6.58 Å². The van der Waals surface area contributed by atoms with E-state index in [1.165, 1.54) is 6.08 Å². The van der Waals surface area contributed by atoms with E-state index in [1.54, 1.807) is 0 Å². The molecular weight excluding hydrogens is 283 g/mol. The third-order valence-corrected chi connectivity index (χ3v) is 3.82. The first-order valence-corrected chi connectivity index (χ1v) is 6.88. The minimum Gasteiger partial charge on any atom is -0.458 e. The second kappa shape index (κ2) is 4.53. The van der Waals surface area contributed by atoms with E-state index < -0.39 is 55.1 Å². The van der Waals surface area contributed by atoms with Gasteiger partial charge in [-0.05, 0) is 40.7 Å². The molecule has 23 heavy (non-hydrogen) atoms. The van der Waals surface area contributed by atoms with Crippen LogP contribution in [0.25, 0.3) is 6.08 Å². The summed E-state index contributed by atoms with van der Waals surface area (Å²) in [5.41, 5.74) is 0.0608. The first-order chi connectivity index (χ1) is 15.5. The average Bonchev–Trinajstić information content (AvgIpc) is 2.80. The van der Waals surface area contributed by atoms with Gasteiger partial charge in [-0.1, -0.05) is 48.9 Å². The SMILES string of the molecule is [2H]c1c([2H])c([2H])c2c(c1[2H])Oc1c([2H])c(C=C)c([2H])c3c1B2c1c([2H])c([2H])c([2H])c([2H])c1O3. The summed E-state index contributed by atoms with van der Waals surface area (Å²) in [5, 5.41) is 0. The highest BCUT2D eigenvalue weighted by Gasteiger charge is 2.39. The fourth-order valence-electron chi connectivity index (χ4n) is 2.86. The first kappa shape index (κ1) is 6.28. The molecule has 3 aromatic carbocycles. The summed E-state index contributed by atoms with van der Waals surface area (Å²) in [5.74, 6) is -0.718. The highest BCUT2D eigenvalue weighted by Crippen LogP contribution is 2.35. The van der Waals surface area contributed by atoms with E-state index in [1.807, 2.05) is 0 Å². The smallest absolute Gasteiger partial charge is 0.260 e. The molecule has 2 nitrogen and oxygen atoms in total. The molecule has 2 heterocycles. The topological polar surface area (TPSA) is 18.5 Å². The minimum absolute atomic E-state index is 0.0468. The monoisotopic (exact) mass is 306 g/mol. The zero-order valence-corrected chi connectivity index (χ0v) is 11.7. The van der Waals surface area contributed by atoms with Gasteiger partial charge in [0.1, 0.15) is 23.0 Å². The van der Waals surface area contributed by atoms with Crippen molar-refractivity contribution in [3.05, 3.63) is 72.6 Å². The van der Waals surface area contributed by atoms with Gasteiger partial charge in [-0.3, -0.25) is 0 Å². The zero-order chi connectivity index (χ0) is 24.1. The third-order valence-electron chi connectivity index (χ3n) is 3.82. The molecule has 0 bridgehead atoms. The third kappa shape index (κ3) is 1.70. The Labute approximate surface area is 149 Å². The van der Waals surface area contributed by atoms with Crippen molar-refractivity contribution in [2.75, 3.05) is 0 Å². The lowest BCUT2D eigenvalue weighted by Crippen LogP contribution is -2.57. The van der Waals surface area contributed by atoms with Crippen molar-refractivity contribution in [2.24, 2.45) is 0 Å². The molecule has 0 N–H and O–H groups in total. The molecule has 5 rings (SSSR count). The van der Waals surface area contributed by atoms with Crippen LogP contribution in [0.1, 0.15) is 19.3 Å². The Hall–Kier alpha value is -2.94. The van der Waals surface area contributed by atoms with Crippen molar-refractivity contribution in [1.29, 1.82) is 0 Å². The lowest BCUT2D eigenvalue weighted by Gasteiger charge is -2.33. The number of benzene rings is 3. The van der Waals surface area contributed by atoms with E-state index in [0.29, 0.717) is 0 Å². The van der Waals surface area contributed by atoms with E-state index in [-0.39, 0.29) is 57.0 Å². The molecule has 0 aliphatic carbocycles. The van der Waals surface area contributed by atoms with Crippen LogP contribution >= 0.6 is 0 Å². The molecule has 0 spiro atoms. The summed E-state index contributed by atoms with van der Waals surface area (Å²) in [7, 11) is 0. The van der Waals surface area contributed by atoms with Gasteiger partial charge in [-0.15, -0.1) is 0 Å². The number of rotatable bonds is 1. The van der Waals surface area contributed by atoms with Crippen LogP contribution in [0.3, 0.4) is 0 Å². The van der Waals surface area contributed by atoms with Crippen LogP contribution in [0.2, 0.25) is 0 Å². The number of hydrogen-bond acceptors (Lipinski definition) is 2. The maximum absolute atomic E-state index is 8.55. The Kier molecular flexibility index (Phi) is 1.24. The van der Waals surface area contributed by atoms with Crippen molar-refractivity contribution >= 4 is 29.2 Å². The van der Waals surface area contributed by atoms with Gasteiger partial charge in [-0.2, -0.15) is 0 Å². The molecule has 0 amide bonds. The van der Waals surface area contributed by atoms with Crippen molar-refractivity contribution in [2.45, 2.75) is 0 Å². The second-order valence-electron chi connectivity index (χ2n) is 5.06. The quantitative estimate of drug-likeness (QED) is 0.443.